The van der Waals surface area contributed by atoms with Crippen molar-refractivity contribution in [2.24, 2.45) is 5.41 Å². The molecule has 0 fully saturated rings. The van der Waals surface area contributed by atoms with Gasteiger partial charge < -0.3 is 10.4 Å². The van der Waals surface area contributed by atoms with Crippen LogP contribution in [-0.4, -0.2) is 23.7 Å². The summed E-state index contributed by atoms with van der Waals surface area (Å²) in [5.74, 6) is -0.114. The van der Waals surface area contributed by atoms with E-state index in [1.807, 2.05) is 18.2 Å². The minimum Gasteiger partial charge on any atom is -0.394 e. The Morgan fingerprint density at radius 1 is 1.37 bits per heavy atom. The molecule has 2 N–H and O–H groups in total. The fraction of sp³-hybridized carbons (Fsp3) is 0.533. The average molecular weight is 284 g/mol. The second-order valence-corrected chi connectivity index (χ2v) is 6.39. The lowest BCUT2D eigenvalue weighted by molar-refractivity contribution is -0.121. The predicted octanol–water partition coefficient (Wildman–Crippen LogP) is 2.80. The molecule has 1 atom stereocenters. The Balaban J connectivity index is 2.57. The molecule has 0 radical (unpaired) electrons. The number of halogens is 1. The Morgan fingerprint density at radius 3 is 2.53 bits per heavy atom. The molecule has 0 saturated heterocycles. The summed E-state index contributed by atoms with van der Waals surface area (Å²) in [5.41, 5.74) is 0.861. The molecule has 0 aliphatic carbocycles. The number of benzene rings is 1. The summed E-state index contributed by atoms with van der Waals surface area (Å²) in [4.78, 5) is 11.9. The molecule has 1 aromatic rings. The molecule has 0 aliphatic rings. The molecule has 0 spiro atoms. The number of hydrogen-bond acceptors (Lipinski definition) is 2. The third kappa shape index (κ3) is 6.08. The number of carbonyl (C=O) groups is 1. The number of hydrogen-bond donors (Lipinski definition) is 2. The van der Waals surface area contributed by atoms with E-state index in [-0.39, 0.29) is 30.4 Å². The van der Waals surface area contributed by atoms with Gasteiger partial charge in [-0.25, -0.2) is 0 Å². The monoisotopic (exact) mass is 283 g/mol. The Morgan fingerprint density at radius 2 is 2.00 bits per heavy atom. The van der Waals surface area contributed by atoms with Crippen molar-refractivity contribution in [1.29, 1.82) is 0 Å². The predicted molar refractivity (Wildman–Crippen MR) is 78.2 cm³/mol. The van der Waals surface area contributed by atoms with Crippen molar-refractivity contribution in [1.82, 2.24) is 5.32 Å². The van der Waals surface area contributed by atoms with E-state index in [0.717, 1.165) is 12.0 Å². The van der Waals surface area contributed by atoms with Gasteiger partial charge in [-0.3, -0.25) is 4.79 Å². The van der Waals surface area contributed by atoms with Crippen molar-refractivity contribution in [2.75, 3.05) is 6.61 Å². The van der Waals surface area contributed by atoms with Crippen molar-refractivity contribution >= 4 is 17.5 Å². The van der Waals surface area contributed by atoms with E-state index in [4.69, 9.17) is 11.6 Å². The summed E-state index contributed by atoms with van der Waals surface area (Å²) in [6.07, 6.45) is 0.970. The van der Waals surface area contributed by atoms with Crippen molar-refractivity contribution in [3.8, 4) is 0 Å². The van der Waals surface area contributed by atoms with Crippen molar-refractivity contribution in [3.63, 3.8) is 0 Å². The Hall–Kier alpha value is -1.06. The number of amides is 1. The van der Waals surface area contributed by atoms with E-state index in [0.29, 0.717) is 5.02 Å². The van der Waals surface area contributed by atoms with Crippen LogP contribution in [0.2, 0.25) is 5.02 Å². The van der Waals surface area contributed by atoms with E-state index < -0.39 is 0 Å². The molecule has 1 amide bonds. The molecule has 1 rings (SSSR count). The second-order valence-electron chi connectivity index (χ2n) is 5.98. The van der Waals surface area contributed by atoms with Crippen LogP contribution in [0.4, 0.5) is 0 Å². The second kappa shape index (κ2) is 6.92. The lowest BCUT2D eigenvalue weighted by Gasteiger charge is -2.25. The van der Waals surface area contributed by atoms with Crippen LogP contribution < -0.4 is 5.32 Å². The topological polar surface area (TPSA) is 49.3 Å². The van der Waals surface area contributed by atoms with Gasteiger partial charge in [0.1, 0.15) is 0 Å². The quantitative estimate of drug-likeness (QED) is 0.873. The summed E-state index contributed by atoms with van der Waals surface area (Å²) in [6, 6.07) is 7.07. The molecule has 1 aromatic carbocycles. The van der Waals surface area contributed by atoms with Gasteiger partial charge in [-0.15, -0.1) is 0 Å². The van der Waals surface area contributed by atoms with Gasteiger partial charge in [0, 0.05) is 5.02 Å². The standard InChI is InChI=1S/C15H22ClNO2/c1-15(2,3)9-12(10-18)17-14(19)8-11-6-4-5-7-13(11)16/h4-7,12,18H,8-10H2,1-3H3,(H,17,19). The number of carbonyl (C=O) groups excluding carboxylic acids is 1. The molecular weight excluding hydrogens is 262 g/mol. The van der Waals surface area contributed by atoms with Crippen LogP contribution in [0, 0.1) is 5.41 Å². The lowest BCUT2D eigenvalue weighted by Crippen LogP contribution is -2.40. The van der Waals surface area contributed by atoms with Gasteiger partial charge in [0.2, 0.25) is 5.91 Å². The van der Waals surface area contributed by atoms with Gasteiger partial charge in [-0.1, -0.05) is 50.6 Å². The smallest absolute Gasteiger partial charge is 0.224 e. The number of aliphatic hydroxyl groups is 1. The number of nitrogens with one attached hydrogen (secondary N) is 1. The van der Waals surface area contributed by atoms with Crippen molar-refractivity contribution < 1.29 is 9.90 Å². The highest BCUT2D eigenvalue weighted by molar-refractivity contribution is 6.31. The first-order valence-electron chi connectivity index (χ1n) is 6.45. The van der Waals surface area contributed by atoms with Crippen LogP contribution in [0.15, 0.2) is 24.3 Å². The molecule has 19 heavy (non-hydrogen) atoms. The van der Waals surface area contributed by atoms with Gasteiger partial charge in [-0.2, -0.15) is 0 Å². The van der Waals surface area contributed by atoms with Gasteiger partial charge in [0.15, 0.2) is 0 Å². The van der Waals surface area contributed by atoms with Crippen LogP contribution in [0.5, 0.6) is 0 Å². The SMILES string of the molecule is CC(C)(C)CC(CO)NC(=O)Cc1ccccc1Cl. The molecule has 3 nitrogen and oxygen atoms in total. The van der Waals surface area contributed by atoms with Gasteiger partial charge in [-0.05, 0) is 23.5 Å². The number of rotatable bonds is 5. The fourth-order valence-electron chi connectivity index (χ4n) is 1.99. The third-order valence-corrected chi connectivity index (χ3v) is 3.12. The summed E-state index contributed by atoms with van der Waals surface area (Å²) in [7, 11) is 0. The van der Waals surface area contributed by atoms with Crippen molar-refractivity contribution in [3.05, 3.63) is 34.9 Å². The normalized spacial score (nSPS) is 13.1. The average Bonchev–Trinajstić information content (AvgIpc) is 2.29. The van der Waals surface area contributed by atoms with E-state index >= 15 is 0 Å². The summed E-state index contributed by atoms with van der Waals surface area (Å²) >= 11 is 6.02. The zero-order valence-corrected chi connectivity index (χ0v) is 12.5. The Bertz CT molecular complexity index is 426. The molecule has 0 aromatic heterocycles. The highest BCUT2D eigenvalue weighted by Crippen LogP contribution is 2.21. The molecule has 1 unspecified atom stereocenters. The van der Waals surface area contributed by atoms with Crippen LogP contribution in [-0.2, 0) is 11.2 Å². The fourth-order valence-corrected chi connectivity index (χ4v) is 2.20. The Kier molecular flexibility index (Phi) is 5.83. The molecule has 0 saturated carbocycles. The zero-order valence-electron chi connectivity index (χ0n) is 11.7. The molecular formula is C15H22ClNO2. The molecule has 0 bridgehead atoms. The first kappa shape index (κ1) is 16.0. The lowest BCUT2D eigenvalue weighted by atomic mass is 9.88. The van der Waals surface area contributed by atoms with Gasteiger partial charge in [0.25, 0.3) is 0 Å². The highest BCUT2D eigenvalue weighted by Gasteiger charge is 2.20. The molecule has 0 aliphatic heterocycles. The highest BCUT2D eigenvalue weighted by atomic mass is 35.5. The maximum atomic E-state index is 11.9. The van der Waals surface area contributed by atoms with E-state index in [1.54, 1.807) is 6.07 Å². The first-order chi connectivity index (χ1) is 8.81. The van der Waals surface area contributed by atoms with Crippen LogP contribution in [0.3, 0.4) is 0 Å². The third-order valence-electron chi connectivity index (χ3n) is 2.75. The first-order valence-corrected chi connectivity index (χ1v) is 6.83. The molecule has 0 heterocycles. The van der Waals surface area contributed by atoms with E-state index in [1.165, 1.54) is 0 Å². The molecule has 4 heteroatoms. The van der Waals surface area contributed by atoms with Crippen LogP contribution in [0.1, 0.15) is 32.8 Å². The maximum Gasteiger partial charge on any atom is 0.224 e. The largest absolute Gasteiger partial charge is 0.394 e. The van der Waals surface area contributed by atoms with Crippen molar-refractivity contribution in [2.45, 2.75) is 39.7 Å². The summed E-state index contributed by atoms with van der Waals surface area (Å²) < 4.78 is 0. The number of aliphatic hydroxyl groups excluding tert-OH is 1. The minimum absolute atomic E-state index is 0.0501. The minimum atomic E-state index is -0.213. The van der Waals surface area contributed by atoms with Crippen LogP contribution in [0.25, 0.3) is 0 Å². The van der Waals surface area contributed by atoms with E-state index in [9.17, 15) is 9.90 Å². The summed E-state index contributed by atoms with van der Waals surface area (Å²) in [6.45, 7) is 6.19. The molecule has 106 valence electrons. The van der Waals surface area contributed by atoms with E-state index in [2.05, 4.69) is 26.1 Å². The zero-order chi connectivity index (χ0) is 14.5. The maximum absolute atomic E-state index is 11.9. The van der Waals surface area contributed by atoms with Crippen LogP contribution >= 0.6 is 11.6 Å². The summed E-state index contributed by atoms with van der Waals surface area (Å²) in [5, 5.41) is 12.8. The van der Waals surface area contributed by atoms with Gasteiger partial charge in [0.05, 0.1) is 19.1 Å². The van der Waals surface area contributed by atoms with Gasteiger partial charge >= 0.3 is 0 Å². The Labute approximate surface area is 120 Å².